The molecule has 0 atom stereocenters. The molecule has 24 heavy (non-hydrogen) atoms. The van der Waals surface area contributed by atoms with Crippen molar-refractivity contribution < 1.29 is 4.74 Å². The summed E-state index contributed by atoms with van der Waals surface area (Å²) in [5.41, 5.74) is 3.60. The number of ether oxygens (including phenoxy) is 1. The lowest BCUT2D eigenvalue weighted by Crippen LogP contribution is -2.22. The summed E-state index contributed by atoms with van der Waals surface area (Å²) < 4.78 is 5.82. The van der Waals surface area contributed by atoms with Gasteiger partial charge in [-0.25, -0.2) is 0 Å². The third-order valence-corrected chi connectivity index (χ3v) is 3.78. The molecule has 1 fully saturated rings. The molecule has 3 nitrogen and oxygen atoms in total. The van der Waals surface area contributed by atoms with Gasteiger partial charge in [0.1, 0.15) is 12.4 Å². The van der Waals surface area contributed by atoms with Crippen molar-refractivity contribution in [2.45, 2.75) is 27.7 Å². The van der Waals surface area contributed by atoms with Crippen molar-refractivity contribution in [2.75, 3.05) is 38.3 Å². The Labute approximate surface area is 147 Å². The summed E-state index contributed by atoms with van der Waals surface area (Å²) >= 11 is 0. The van der Waals surface area contributed by atoms with Crippen LogP contribution in [-0.4, -0.2) is 38.3 Å². The van der Waals surface area contributed by atoms with Gasteiger partial charge in [-0.2, -0.15) is 0 Å². The topological polar surface area (TPSA) is 15.7 Å². The van der Waals surface area contributed by atoms with E-state index in [1.165, 1.54) is 11.3 Å². The first-order chi connectivity index (χ1) is 11.6. The molecule has 1 heterocycles. The molecule has 3 heteroatoms. The largest absolute Gasteiger partial charge is 0.489 e. The van der Waals surface area contributed by atoms with Gasteiger partial charge in [-0.15, -0.1) is 0 Å². The number of allylic oxidation sites excluding steroid dienone is 4. The van der Waals surface area contributed by atoms with Crippen molar-refractivity contribution >= 4 is 5.69 Å². The van der Waals surface area contributed by atoms with Crippen LogP contribution in [-0.2, 0) is 0 Å². The minimum Gasteiger partial charge on any atom is -0.489 e. The van der Waals surface area contributed by atoms with E-state index in [4.69, 9.17) is 4.74 Å². The summed E-state index contributed by atoms with van der Waals surface area (Å²) in [6.45, 7) is 15.7. The van der Waals surface area contributed by atoms with E-state index in [1.54, 1.807) is 0 Å². The molecule has 0 saturated carbocycles. The van der Waals surface area contributed by atoms with Crippen molar-refractivity contribution in [3.8, 4) is 5.75 Å². The van der Waals surface area contributed by atoms with Crippen LogP contribution < -0.4 is 9.64 Å². The van der Waals surface area contributed by atoms with Crippen LogP contribution in [0, 0.1) is 0 Å². The van der Waals surface area contributed by atoms with Gasteiger partial charge in [0.25, 0.3) is 0 Å². The minimum absolute atomic E-state index is 0.604. The highest BCUT2D eigenvalue weighted by atomic mass is 16.5. The lowest BCUT2D eigenvalue weighted by Gasteiger charge is -2.18. The third kappa shape index (κ3) is 6.63. The van der Waals surface area contributed by atoms with E-state index in [2.05, 4.69) is 54.6 Å². The van der Waals surface area contributed by atoms with E-state index < -0.39 is 0 Å². The van der Waals surface area contributed by atoms with Crippen LogP contribution in [0.5, 0.6) is 5.75 Å². The zero-order valence-electron chi connectivity index (χ0n) is 15.9. The zero-order valence-corrected chi connectivity index (χ0v) is 15.9. The Balaban J connectivity index is 0.00000139. The number of rotatable bonds is 6. The van der Waals surface area contributed by atoms with Gasteiger partial charge in [0, 0.05) is 18.8 Å². The van der Waals surface area contributed by atoms with E-state index in [-0.39, 0.29) is 0 Å². The Kier molecular flexibility index (Phi) is 8.95. The van der Waals surface area contributed by atoms with Gasteiger partial charge < -0.3 is 9.64 Å². The van der Waals surface area contributed by atoms with Crippen LogP contribution in [0.3, 0.4) is 0 Å². The predicted octanol–water partition coefficient (Wildman–Crippen LogP) is 4.88. The molecule has 0 aromatic heterocycles. The first-order valence-corrected chi connectivity index (χ1v) is 8.71. The van der Waals surface area contributed by atoms with Gasteiger partial charge in [-0.05, 0) is 50.7 Å². The predicted molar refractivity (Wildman–Crippen MR) is 106 cm³/mol. The van der Waals surface area contributed by atoms with Gasteiger partial charge in [-0.3, -0.25) is 4.90 Å². The second-order valence-corrected chi connectivity index (χ2v) is 5.89. The monoisotopic (exact) mass is 328 g/mol. The van der Waals surface area contributed by atoms with Crippen molar-refractivity contribution in [3.05, 3.63) is 60.2 Å². The first kappa shape index (κ1) is 20.0. The average Bonchev–Trinajstić information content (AvgIpc) is 3.06. The van der Waals surface area contributed by atoms with Crippen molar-refractivity contribution in [2.24, 2.45) is 0 Å². The van der Waals surface area contributed by atoms with Crippen LogP contribution in [0.4, 0.5) is 5.69 Å². The quantitative estimate of drug-likeness (QED) is 0.692. The molecular formula is C21H32N2O. The van der Waals surface area contributed by atoms with Crippen molar-refractivity contribution in [1.29, 1.82) is 0 Å². The van der Waals surface area contributed by atoms with E-state index >= 15 is 0 Å². The fourth-order valence-corrected chi connectivity index (χ4v) is 2.28. The molecule has 1 aliphatic rings. The summed E-state index contributed by atoms with van der Waals surface area (Å²) in [6, 6.07) is 8.36. The highest BCUT2D eigenvalue weighted by molar-refractivity contribution is 5.49. The maximum atomic E-state index is 5.82. The smallest absolute Gasteiger partial charge is 0.119 e. The fourth-order valence-electron chi connectivity index (χ4n) is 2.28. The third-order valence-electron chi connectivity index (χ3n) is 3.78. The molecule has 0 spiro atoms. The Hall–Kier alpha value is -2.00. The van der Waals surface area contributed by atoms with Crippen LogP contribution in [0.1, 0.15) is 27.7 Å². The van der Waals surface area contributed by atoms with E-state index in [1.807, 2.05) is 39.0 Å². The number of hydrogen-bond donors (Lipinski definition) is 0. The second-order valence-electron chi connectivity index (χ2n) is 5.89. The Bertz CT molecular complexity index is 558. The van der Waals surface area contributed by atoms with Crippen LogP contribution in [0.25, 0.3) is 0 Å². The van der Waals surface area contributed by atoms with E-state index in [9.17, 15) is 0 Å². The van der Waals surface area contributed by atoms with Gasteiger partial charge in [0.15, 0.2) is 0 Å². The normalized spacial score (nSPS) is 15.8. The highest BCUT2D eigenvalue weighted by Crippen LogP contribution is 2.21. The minimum atomic E-state index is 0.604. The standard InChI is InChI=1S/C19H26N2O.C2H6/c1-5-16(2)6-7-17(3)14-22-19-10-8-18(9-11-19)21-13-12-20(4)15-21;1-2/h5-11H,1,12-15H2,2-4H3;1-2H3/b16-6+,17-7+;. The van der Waals surface area contributed by atoms with Gasteiger partial charge in [-0.1, -0.05) is 44.2 Å². The molecule has 1 aliphatic heterocycles. The molecule has 0 radical (unpaired) electrons. The number of hydrogen-bond acceptors (Lipinski definition) is 3. The van der Waals surface area contributed by atoms with Gasteiger partial charge in [0.2, 0.25) is 0 Å². The highest BCUT2D eigenvalue weighted by Gasteiger charge is 2.16. The molecule has 0 aliphatic carbocycles. The summed E-state index contributed by atoms with van der Waals surface area (Å²) in [6.07, 6.45) is 5.98. The number of likely N-dealkylation sites (N-methyl/N-ethyl adjacent to an activating group) is 1. The SMILES string of the molecule is C=C/C(C)=C/C=C(\C)COc1ccc(N2CCN(C)C2)cc1.CC. The summed E-state index contributed by atoms with van der Waals surface area (Å²) in [4.78, 5) is 4.69. The molecule has 0 N–H and O–H groups in total. The average molecular weight is 329 g/mol. The Morgan fingerprint density at radius 2 is 1.79 bits per heavy atom. The molecule has 132 valence electrons. The molecule has 0 amide bonds. The van der Waals surface area contributed by atoms with Crippen molar-refractivity contribution in [1.82, 2.24) is 4.90 Å². The molecular weight excluding hydrogens is 296 g/mol. The maximum absolute atomic E-state index is 5.82. The van der Waals surface area contributed by atoms with Gasteiger partial charge >= 0.3 is 0 Å². The summed E-state index contributed by atoms with van der Waals surface area (Å²) in [5, 5.41) is 0. The molecule has 1 aromatic rings. The summed E-state index contributed by atoms with van der Waals surface area (Å²) in [5.74, 6) is 0.911. The fraction of sp³-hybridized carbons (Fsp3) is 0.429. The number of nitrogens with zero attached hydrogens (tertiary/aromatic N) is 2. The molecule has 0 unspecified atom stereocenters. The summed E-state index contributed by atoms with van der Waals surface area (Å²) in [7, 11) is 2.15. The van der Waals surface area contributed by atoms with Gasteiger partial charge in [0.05, 0.1) is 6.67 Å². The van der Waals surface area contributed by atoms with E-state index in [0.717, 1.165) is 31.1 Å². The number of anilines is 1. The van der Waals surface area contributed by atoms with Crippen molar-refractivity contribution in [3.63, 3.8) is 0 Å². The second kappa shape index (κ2) is 10.7. The Morgan fingerprint density at radius 3 is 2.33 bits per heavy atom. The van der Waals surface area contributed by atoms with Crippen LogP contribution >= 0.6 is 0 Å². The Morgan fingerprint density at radius 1 is 1.12 bits per heavy atom. The zero-order chi connectivity index (χ0) is 17.9. The molecule has 0 bridgehead atoms. The van der Waals surface area contributed by atoms with Crippen LogP contribution in [0.15, 0.2) is 60.2 Å². The van der Waals surface area contributed by atoms with E-state index in [0.29, 0.717) is 6.61 Å². The lowest BCUT2D eigenvalue weighted by molar-refractivity contribution is 0.352. The molecule has 2 rings (SSSR count). The lowest BCUT2D eigenvalue weighted by atomic mass is 10.2. The number of benzene rings is 1. The molecule has 1 aromatic carbocycles. The van der Waals surface area contributed by atoms with Crippen LogP contribution in [0.2, 0.25) is 0 Å². The first-order valence-electron chi connectivity index (χ1n) is 8.71. The maximum Gasteiger partial charge on any atom is 0.119 e. The molecule has 1 saturated heterocycles.